The van der Waals surface area contributed by atoms with E-state index < -0.39 is 4.92 Å². The van der Waals surface area contributed by atoms with Gasteiger partial charge in [-0.25, -0.2) is 4.98 Å². The van der Waals surface area contributed by atoms with Crippen LogP contribution >= 0.6 is 0 Å². The monoisotopic (exact) mass is 387 g/mol. The first-order valence-corrected chi connectivity index (χ1v) is 8.91. The van der Waals surface area contributed by atoms with E-state index in [4.69, 9.17) is 0 Å². The van der Waals surface area contributed by atoms with Crippen molar-refractivity contribution in [3.8, 4) is 5.82 Å². The third kappa shape index (κ3) is 3.55. The maximum atomic E-state index is 12.7. The summed E-state index contributed by atoms with van der Waals surface area (Å²) in [7, 11) is 0. The van der Waals surface area contributed by atoms with Gasteiger partial charge in [-0.15, -0.1) is 0 Å². The molecule has 0 radical (unpaired) electrons. The zero-order valence-corrected chi connectivity index (χ0v) is 15.8. The van der Waals surface area contributed by atoms with E-state index in [0.717, 1.165) is 16.6 Å². The standard InChI is InChI=1S/C21H17N5O3/c1-13-11-16(7-9-18(13)26(28)29)21(27)23-20-12-14(2)24-25(20)19-10-8-15-5-3-4-6-17(15)22-19/h3-12H,1-2H3,(H,23,27). The van der Waals surface area contributed by atoms with Crippen LogP contribution in [0.15, 0.2) is 60.7 Å². The summed E-state index contributed by atoms with van der Waals surface area (Å²) in [6.07, 6.45) is 0. The number of nitrogens with zero attached hydrogens (tertiary/aromatic N) is 4. The fraction of sp³-hybridized carbons (Fsp3) is 0.0952. The average molecular weight is 387 g/mol. The molecule has 8 heteroatoms. The third-order valence-corrected chi connectivity index (χ3v) is 4.53. The van der Waals surface area contributed by atoms with Crippen LogP contribution in [0.4, 0.5) is 11.5 Å². The minimum atomic E-state index is -0.471. The molecule has 4 aromatic rings. The number of amides is 1. The molecular formula is C21H17N5O3. The van der Waals surface area contributed by atoms with E-state index in [-0.39, 0.29) is 11.6 Å². The van der Waals surface area contributed by atoms with Gasteiger partial charge in [-0.1, -0.05) is 18.2 Å². The van der Waals surface area contributed by atoms with Crippen LogP contribution in [0.3, 0.4) is 0 Å². The largest absolute Gasteiger partial charge is 0.306 e. The molecule has 8 nitrogen and oxygen atoms in total. The highest BCUT2D eigenvalue weighted by atomic mass is 16.6. The van der Waals surface area contributed by atoms with Gasteiger partial charge in [0.2, 0.25) is 0 Å². The van der Waals surface area contributed by atoms with Gasteiger partial charge in [-0.2, -0.15) is 9.78 Å². The first kappa shape index (κ1) is 18.3. The Morgan fingerprint density at radius 1 is 1.07 bits per heavy atom. The maximum absolute atomic E-state index is 12.7. The third-order valence-electron chi connectivity index (χ3n) is 4.53. The van der Waals surface area contributed by atoms with E-state index in [0.29, 0.717) is 22.8 Å². The molecule has 0 fully saturated rings. The number of hydrogen-bond donors (Lipinski definition) is 1. The van der Waals surface area contributed by atoms with Crippen molar-refractivity contribution in [1.29, 1.82) is 0 Å². The van der Waals surface area contributed by atoms with Crippen molar-refractivity contribution in [2.75, 3.05) is 5.32 Å². The SMILES string of the molecule is Cc1cc(NC(=O)c2ccc([N+](=O)[O-])c(C)c2)n(-c2ccc3ccccc3n2)n1. The highest BCUT2D eigenvalue weighted by Crippen LogP contribution is 2.22. The minimum absolute atomic E-state index is 0.0252. The number of hydrogen-bond acceptors (Lipinski definition) is 5. The second-order valence-corrected chi connectivity index (χ2v) is 6.66. The molecule has 0 aliphatic carbocycles. The van der Waals surface area contributed by atoms with Crippen LogP contribution in [0.25, 0.3) is 16.7 Å². The topological polar surface area (TPSA) is 103 Å². The van der Waals surface area contributed by atoms with Crippen molar-refractivity contribution in [3.05, 3.63) is 87.6 Å². The molecule has 29 heavy (non-hydrogen) atoms. The number of carbonyl (C=O) groups excluding carboxylic acids is 1. The number of aromatic nitrogens is 3. The van der Waals surface area contributed by atoms with Gasteiger partial charge in [-0.3, -0.25) is 14.9 Å². The maximum Gasteiger partial charge on any atom is 0.272 e. The number of aryl methyl sites for hydroxylation is 2. The molecule has 0 atom stereocenters. The predicted octanol–water partition coefficient (Wildman–Crippen LogP) is 4.20. The van der Waals surface area contributed by atoms with Crippen molar-refractivity contribution < 1.29 is 9.72 Å². The molecule has 2 aromatic heterocycles. The van der Waals surface area contributed by atoms with Gasteiger partial charge in [0.25, 0.3) is 11.6 Å². The Bertz CT molecular complexity index is 1260. The van der Waals surface area contributed by atoms with Crippen molar-refractivity contribution in [2.24, 2.45) is 0 Å². The van der Waals surface area contributed by atoms with Gasteiger partial charge in [-0.05, 0) is 44.2 Å². The average Bonchev–Trinajstić information content (AvgIpc) is 3.07. The van der Waals surface area contributed by atoms with Crippen molar-refractivity contribution in [2.45, 2.75) is 13.8 Å². The van der Waals surface area contributed by atoms with Gasteiger partial charge in [0, 0.05) is 28.6 Å². The fourth-order valence-corrected chi connectivity index (χ4v) is 3.13. The minimum Gasteiger partial charge on any atom is -0.306 e. The van der Waals surface area contributed by atoms with E-state index in [2.05, 4.69) is 15.4 Å². The molecule has 0 saturated carbocycles. The number of rotatable bonds is 4. The van der Waals surface area contributed by atoms with E-state index in [1.807, 2.05) is 43.3 Å². The first-order chi connectivity index (χ1) is 13.9. The van der Waals surface area contributed by atoms with Crippen molar-refractivity contribution >= 4 is 28.3 Å². The summed E-state index contributed by atoms with van der Waals surface area (Å²) in [5.74, 6) is 0.656. The number of nitrogens with one attached hydrogen (secondary N) is 1. The van der Waals surface area contributed by atoms with Crippen LogP contribution < -0.4 is 5.32 Å². The molecule has 0 bridgehead atoms. The highest BCUT2D eigenvalue weighted by molar-refractivity contribution is 6.04. The number of carbonyl (C=O) groups is 1. The fourth-order valence-electron chi connectivity index (χ4n) is 3.13. The number of nitro groups is 1. The second kappa shape index (κ2) is 7.16. The normalized spacial score (nSPS) is 10.8. The molecule has 144 valence electrons. The van der Waals surface area contributed by atoms with Crippen LogP contribution in [0.2, 0.25) is 0 Å². The van der Waals surface area contributed by atoms with E-state index in [1.54, 1.807) is 17.7 Å². The Labute approximate surface area is 166 Å². The zero-order valence-electron chi connectivity index (χ0n) is 15.8. The number of para-hydroxylation sites is 1. The number of fused-ring (bicyclic) bond motifs is 1. The van der Waals surface area contributed by atoms with Crippen LogP contribution in [0.5, 0.6) is 0 Å². The molecule has 1 N–H and O–H groups in total. The molecule has 0 saturated heterocycles. The lowest BCUT2D eigenvalue weighted by Crippen LogP contribution is -2.16. The van der Waals surface area contributed by atoms with Gasteiger partial charge in [0.05, 0.1) is 16.1 Å². The van der Waals surface area contributed by atoms with Crippen molar-refractivity contribution in [3.63, 3.8) is 0 Å². The number of nitro benzene ring substituents is 1. The van der Waals surface area contributed by atoms with E-state index in [1.165, 1.54) is 18.2 Å². The summed E-state index contributed by atoms with van der Waals surface area (Å²) in [6.45, 7) is 3.42. The Morgan fingerprint density at radius 3 is 2.62 bits per heavy atom. The first-order valence-electron chi connectivity index (χ1n) is 8.91. The summed E-state index contributed by atoms with van der Waals surface area (Å²) in [6, 6.07) is 17.5. The molecular weight excluding hydrogens is 370 g/mol. The summed E-state index contributed by atoms with van der Waals surface area (Å²) in [5, 5.41) is 19.2. The van der Waals surface area contributed by atoms with Crippen molar-refractivity contribution in [1.82, 2.24) is 14.8 Å². The predicted molar refractivity (Wildman–Crippen MR) is 109 cm³/mol. The van der Waals surface area contributed by atoms with Gasteiger partial charge in [0.1, 0.15) is 5.82 Å². The lowest BCUT2D eigenvalue weighted by atomic mass is 10.1. The highest BCUT2D eigenvalue weighted by Gasteiger charge is 2.16. The zero-order chi connectivity index (χ0) is 20.5. The Hall–Kier alpha value is -4.07. The molecule has 0 aliphatic rings. The van der Waals surface area contributed by atoms with Crippen LogP contribution in [-0.4, -0.2) is 25.6 Å². The van der Waals surface area contributed by atoms with Crippen LogP contribution in [0, 0.1) is 24.0 Å². The van der Waals surface area contributed by atoms with Crippen LogP contribution in [-0.2, 0) is 0 Å². The van der Waals surface area contributed by atoms with E-state index in [9.17, 15) is 14.9 Å². The number of anilines is 1. The quantitative estimate of drug-likeness (QED) is 0.418. The van der Waals surface area contributed by atoms with E-state index >= 15 is 0 Å². The Balaban J connectivity index is 1.67. The van der Waals surface area contributed by atoms with Gasteiger partial charge in [0.15, 0.2) is 5.82 Å². The molecule has 0 unspecified atom stereocenters. The summed E-state index contributed by atoms with van der Waals surface area (Å²) in [5.41, 5.74) is 2.26. The number of pyridine rings is 1. The summed E-state index contributed by atoms with van der Waals surface area (Å²) < 4.78 is 1.57. The lowest BCUT2D eigenvalue weighted by molar-refractivity contribution is -0.385. The number of benzene rings is 2. The molecule has 0 spiro atoms. The summed E-state index contributed by atoms with van der Waals surface area (Å²) >= 11 is 0. The molecule has 2 heterocycles. The van der Waals surface area contributed by atoms with Crippen LogP contribution in [0.1, 0.15) is 21.6 Å². The molecule has 4 rings (SSSR count). The smallest absolute Gasteiger partial charge is 0.272 e. The summed E-state index contributed by atoms with van der Waals surface area (Å²) in [4.78, 5) is 27.8. The Kier molecular flexibility index (Phi) is 4.52. The molecule has 2 aromatic carbocycles. The molecule has 1 amide bonds. The van der Waals surface area contributed by atoms with Gasteiger partial charge < -0.3 is 5.32 Å². The van der Waals surface area contributed by atoms with Gasteiger partial charge >= 0.3 is 0 Å². The second-order valence-electron chi connectivity index (χ2n) is 6.66. The lowest BCUT2D eigenvalue weighted by Gasteiger charge is -2.09. The molecule has 0 aliphatic heterocycles. The Morgan fingerprint density at radius 2 is 1.86 bits per heavy atom.